The molecule has 0 radical (unpaired) electrons. The number of unbranched alkanes of at least 4 members (excludes halogenated alkanes) is 35. The lowest BCUT2D eigenvalue weighted by Crippen LogP contribution is -2.59. The van der Waals surface area contributed by atoms with E-state index in [9.17, 15) is 30.0 Å². The van der Waals surface area contributed by atoms with Crippen LogP contribution in [0.5, 0.6) is 0 Å². The number of aliphatic hydroxyl groups is 4. The summed E-state index contributed by atoms with van der Waals surface area (Å²) in [6.07, 6.45) is 39.7. The largest absolute Gasteiger partial charge is 0.462 e. The number of aliphatic hydroxyl groups excluding tert-OH is 4. The summed E-state index contributed by atoms with van der Waals surface area (Å²) < 4.78 is 22.3. The predicted molar refractivity (Wildman–Crippen MR) is 252 cm³/mol. The van der Waals surface area contributed by atoms with Crippen molar-refractivity contribution in [2.75, 3.05) is 19.8 Å². The molecule has 1 aliphatic heterocycles. The molecule has 10 nitrogen and oxygen atoms in total. The fourth-order valence-electron chi connectivity index (χ4n) is 8.55. The van der Waals surface area contributed by atoms with Crippen LogP contribution in [0, 0.1) is 0 Å². The van der Waals surface area contributed by atoms with Gasteiger partial charge in [-0.25, -0.2) is 0 Å². The lowest BCUT2D eigenvalue weighted by atomic mass is 9.99. The Hall–Kier alpha value is -1.30. The third-order valence-corrected chi connectivity index (χ3v) is 12.7. The number of esters is 2. The smallest absolute Gasteiger partial charge is 0.306 e. The monoisotopic (exact) mass is 885 g/mol. The van der Waals surface area contributed by atoms with Gasteiger partial charge in [0.15, 0.2) is 12.4 Å². The van der Waals surface area contributed by atoms with Crippen LogP contribution in [0.3, 0.4) is 0 Å². The standard InChI is InChI=1S/C52H100O10/c1-3-5-7-9-11-13-15-17-19-21-22-23-24-25-27-28-30-32-34-36-38-40-47(54)59-43-45(44-60-52-51(58)50(57)49(56)46(42-53)62-52)61-48(55)41-39-37-35-33-31-29-26-20-18-16-14-12-10-8-6-4-2/h45-46,49-53,56-58H,3-44H2,1-2H3/t45-,46-,49+,50?,51?,52-/m0/s1. The molecule has 2 unspecified atom stereocenters. The molecular formula is C52H100O10. The molecule has 4 N–H and O–H groups in total. The van der Waals surface area contributed by atoms with Gasteiger partial charge in [-0.15, -0.1) is 0 Å². The van der Waals surface area contributed by atoms with Crippen molar-refractivity contribution in [3.05, 3.63) is 0 Å². The van der Waals surface area contributed by atoms with E-state index in [1.807, 2.05) is 0 Å². The molecule has 6 atom stereocenters. The molecule has 10 heteroatoms. The van der Waals surface area contributed by atoms with Crippen LogP contribution in [0.2, 0.25) is 0 Å². The Labute approximate surface area is 380 Å². The number of carbonyl (C=O) groups is 2. The lowest BCUT2D eigenvalue weighted by molar-refractivity contribution is -0.305. The van der Waals surface area contributed by atoms with Crippen LogP contribution in [0.15, 0.2) is 0 Å². The fraction of sp³-hybridized carbons (Fsp3) is 0.962. The van der Waals surface area contributed by atoms with Gasteiger partial charge in [0.1, 0.15) is 31.0 Å². The summed E-state index contributed by atoms with van der Waals surface area (Å²) in [5, 5.41) is 40.2. The first kappa shape index (κ1) is 58.7. The first-order valence-corrected chi connectivity index (χ1v) is 26.6. The molecule has 1 rings (SSSR count). The van der Waals surface area contributed by atoms with Gasteiger partial charge in [-0.2, -0.15) is 0 Å². The molecule has 0 bridgehead atoms. The maximum atomic E-state index is 12.8. The summed E-state index contributed by atoms with van der Waals surface area (Å²) in [5.41, 5.74) is 0. The summed E-state index contributed by atoms with van der Waals surface area (Å²) in [7, 11) is 0. The molecule has 0 aliphatic carbocycles. The van der Waals surface area contributed by atoms with E-state index < -0.39 is 49.4 Å². The van der Waals surface area contributed by atoms with Crippen LogP contribution in [-0.4, -0.2) is 89.0 Å². The van der Waals surface area contributed by atoms with E-state index >= 15 is 0 Å². The van der Waals surface area contributed by atoms with E-state index in [2.05, 4.69) is 13.8 Å². The Kier molecular flexibility index (Phi) is 41.3. The Morgan fingerprint density at radius 1 is 0.435 bits per heavy atom. The Morgan fingerprint density at radius 3 is 1.10 bits per heavy atom. The van der Waals surface area contributed by atoms with Crippen molar-refractivity contribution in [2.24, 2.45) is 0 Å². The second-order valence-corrected chi connectivity index (χ2v) is 18.7. The maximum Gasteiger partial charge on any atom is 0.306 e. The molecule has 1 fully saturated rings. The van der Waals surface area contributed by atoms with Gasteiger partial charge in [-0.1, -0.05) is 239 Å². The normalized spacial score (nSPS) is 19.5. The van der Waals surface area contributed by atoms with E-state index in [1.165, 1.54) is 193 Å². The van der Waals surface area contributed by atoms with E-state index in [0.717, 1.165) is 38.5 Å². The molecule has 1 heterocycles. The zero-order chi connectivity index (χ0) is 45.1. The molecular weight excluding hydrogens is 785 g/mol. The average molecular weight is 885 g/mol. The molecule has 0 amide bonds. The van der Waals surface area contributed by atoms with Crippen molar-refractivity contribution in [3.8, 4) is 0 Å². The summed E-state index contributed by atoms with van der Waals surface area (Å²) in [6.45, 7) is 3.49. The van der Waals surface area contributed by atoms with Gasteiger partial charge in [0.05, 0.1) is 13.2 Å². The number of hydrogen-bond donors (Lipinski definition) is 4. The Balaban J connectivity index is 2.21. The molecule has 0 aromatic heterocycles. The number of carbonyl (C=O) groups excluding carboxylic acids is 2. The van der Waals surface area contributed by atoms with Crippen LogP contribution in [0.25, 0.3) is 0 Å². The number of rotatable bonds is 46. The Bertz CT molecular complexity index is 979. The first-order chi connectivity index (χ1) is 30.3. The second kappa shape index (κ2) is 43.6. The highest BCUT2D eigenvalue weighted by Gasteiger charge is 2.44. The van der Waals surface area contributed by atoms with Crippen LogP contribution in [0.4, 0.5) is 0 Å². The van der Waals surface area contributed by atoms with Gasteiger partial charge in [-0.05, 0) is 12.8 Å². The second-order valence-electron chi connectivity index (χ2n) is 18.7. The average Bonchev–Trinajstić information content (AvgIpc) is 3.27. The molecule has 62 heavy (non-hydrogen) atoms. The van der Waals surface area contributed by atoms with Crippen molar-refractivity contribution in [3.63, 3.8) is 0 Å². The highest BCUT2D eigenvalue weighted by molar-refractivity contribution is 5.70. The summed E-state index contributed by atoms with van der Waals surface area (Å²) in [4.78, 5) is 25.5. The predicted octanol–water partition coefficient (Wildman–Crippen LogP) is 12.5. The molecule has 0 spiro atoms. The Morgan fingerprint density at radius 2 is 0.758 bits per heavy atom. The van der Waals surface area contributed by atoms with Crippen molar-refractivity contribution >= 4 is 11.9 Å². The van der Waals surface area contributed by atoms with Crippen molar-refractivity contribution in [1.82, 2.24) is 0 Å². The fourth-order valence-corrected chi connectivity index (χ4v) is 8.55. The molecule has 0 aromatic rings. The van der Waals surface area contributed by atoms with Crippen LogP contribution in [0.1, 0.15) is 264 Å². The molecule has 1 saturated heterocycles. The van der Waals surface area contributed by atoms with Crippen LogP contribution in [-0.2, 0) is 28.5 Å². The molecule has 368 valence electrons. The summed E-state index contributed by atoms with van der Waals surface area (Å²) in [6, 6.07) is 0. The van der Waals surface area contributed by atoms with Gasteiger partial charge >= 0.3 is 11.9 Å². The number of ether oxygens (including phenoxy) is 4. The molecule has 0 aromatic carbocycles. The third kappa shape index (κ3) is 34.1. The van der Waals surface area contributed by atoms with E-state index in [4.69, 9.17) is 18.9 Å². The minimum absolute atomic E-state index is 0.208. The van der Waals surface area contributed by atoms with Gasteiger partial charge in [0.2, 0.25) is 0 Å². The van der Waals surface area contributed by atoms with Gasteiger partial charge in [-0.3, -0.25) is 9.59 Å². The minimum atomic E-state index is -1.59. The van der Waals surface area contributed by atoms with Gasteiger partial charge in [0, 0.05) is 12.8 Å². The minimum Gasteiger partial charge on any atom is -0.462 e. The number of hydrogen-bond acceptors (Lipinski definition) is 10. The SMILES string of the molecule is CCCCCCCCCCCCCCCCCCCCCCCC(=O)OC[C@@H](CO[C@H]1O[C@@H](CO)[C@@H](O)C(O)C1O)OC(=O)CCCCCCCCCCCCCCCCCC. The van der Waals surface area contributed by atoms with Crippen LogP contribution >= 0.6 is 0 Å². The highest BCUT2D eigenvalue weighted by atomic mass is 16.7. The first-order valence-electron chi connectivity index (χ1n) is 26.6. The zero-order valence-electron chi connectivity index (χ0n) is 40.4. The van der Waals surface area contributed by atoms with Gasteiger partial charge < -0.3 is 39.4 Å². The van der Waals surface area contributed by atoms with E-state index in [-0.39, 0.29) is 32.0 Å². The van der Waals surface area contributed by atoms with Crippen molar-refractivity contribution < 1.29 is 49.0 Å². The maximum absolute atomic E-state index is 12.8. The highest BCUT2D eigenvalue weighted by Crippen LogP contribution is 2.23. The molecule has 1 aliphatic rings. The van der Waals surface area contributed by atoms with Crippen molar-refractivity contribution in [2.45, 2.75) is 301 Å². The zero-order valence-corrected chi connectivity index (χ0v) is 40.4. The van der Waals surface area contributed by atoms with E-state index in [0.29, 0.717) is 6.42 Å². The summed E-state index contributed by atoms with van der Waals surface area (Å²) >= 11 is 0. The quantitative estimate of drug-likeness (QED) is 0.0343. The van der Waals surface area contributed by atoms with Gasteiger partial charge in [0.25, 0.3) is 0 Å². The third-order valence-electron chi connectivity index (χ3n) is 12.7. The van der Waals surface area contributed by atoms with E-state index in [1.54, 1.807) is 0 Å². The lowest BCUT2D eigenvalue weighted by Gasteiger charge is -2.39. The molecule has 0 saturated carbocycles. The topological polar surface area (TPSA) is 152 Å². The van der Waals surface area contributed by atoms with Crippen LogP contribution < -0.4 is 0 Å². The van der Waals surface area contributed by atoms with Crippen molar-refractivity contribution in [1.29, 1.82) is 0 Å². The summed E-state index contributed by atoms with van der Waals surface area (Å²) in [5.74, 6) is -0.785.